The number of hydrogen-bond acceptors (Lipinski definition) is 6. The lowest BCUT2D eigenvalue weighted by atomic mass is 10.00. The Morgan fingerprint density at radius 3 is 2.47 bits per heavy atom. The van der Waals surface area contributed by atoms with E-state index >= 15 is 0 Å². The molecule has 3 aliphatic rings. The minimum atomic E-state index is -4.54. The first-order valence-corrected chi connectivity index (χ1v) is 12.1. The Morgan fingerprint density at radius 1 is 1.09 bits per heavy atom. The molecule has 2 aliphatic heterocycles. The zero-order valence-electron chi connectivity index (χ0n) is 19.4. The van der Waals surface area contributed by atoms with Gasteiger partial charge in [-0.05, 0) is 61.6 Å². The van der Waals surface area contributed by atoms with Gasteiger partial charge in [0, 0.05) is 44.5 Å². The summed E-state index contributed by atoms with van der Waals surface area (Å²) in [6.07, 6.45) is -0.562. The maximum atomic E-state index is 14.0. The smallest absolute Gasteiger partial charge is 0.420 e. The summed E-state index contributed by atoms with van der Waals surface area (Å²) >= 11 is 0. The number of ether oxygens (including phenoxy) is 2. The van der Waals surface area contributed by atoms with Crippen LogP contribution in [0.25, 0.3) is 11.3 Å². The number of likely N-dealkylation sites (tertiary alicyclic amines) is 1. The van der Waals surface area contributed by atoms with Crippen molar-refractivity contribution in [3.63, 3.8) is 0 Å². The van der Waals surface area contributed by atoms with Crippen molar-refractivity contribution in [3.05, 3.63) is 35.9 Å². The normalized spacial score (nSPS) is 24.4. The van der Waals surface area contributed by atoms with Gasteiger partial charge in [-0.15, -0.1) is 10.2 Å². The second-order valence-corrected chi connectivity index (χ2v) is 9.80. The van der Waals surface area contributed by atoms with Crippen molar-refractivity contribution in [2.24, 2.45) is 17.8 Å². The molecule has 0 spiro atoms. The van der Waals surface area contributed by atoms with Gasteiger partial charge in [-0.1, -0.05) is 12.1 Å². The number of methoxy groups -OCH3 is 1. The van der Waals surface area contributed by atoms with Crippen molar-refractivity contribution < 1.29 is 22.6 Å². The van der Waals surface area contributed by atoms with Gasteiger partial charge in [0.05, 0.1) is 12.8 Å². The highest BCUT2D eigenvalue weighted by atomic mass is 19.4. The number of fused-ring (bicyclic) bond motifs is 1. The largest absolute Gasteiger partial charge is 0.496 e. The average Bonchev–Trinajstić information content (AvgIpc) is 3.37. The van der Waals surface area contributed by atoms with Gasteiger partial charge in [0.2, 0.25) is 0 Å². The predicted molar refractivity (Wildman–Crippen MR) is 123 cm³/mol. The van der Waals surface area contributed by atoms with Crippen molar-refractivity contribution in [2.45, 2.75) is 37.9 Å². The van der Waals surface area contributed by atoms with Crippen LogP contribution in [0.2, 0.25) is 0 Å². The molecule has 3 fully saturated rings. The van der Waals surface area contributed by atoms with Gasteiger partial charge < -0.3 is 19.7 Å². The van der Waals surface area contributed by atoms with Crippen LogP contribution in [0.1, 0.15) is 31.2 Å². The number of rotatable bonds is 6. The third kappa shape index (κ3) is 5.00. The second kappa shape index (κ2) is 9.70. The van der Waals surface area contributed by atoms with E-state index in [0.717, 1.165) is 64.6 Å². The number of benzene rings is 1. The molecule has 2 aromatic rings. The van der Waals surface area contributed by atoms with Gasteiger partial charge in [-0.3, -0.25) is 0 Å². The molecule has 1 N–H and O–H groups in total. The van der Waals surface area contributed by atoms with Crippen LogP contribution < -0.4 is 10.1 Å². The molecule has 3 heterocycles. The fourth-order valence-corrected chi connectivity index (χ4v) is 5.85. The van der Waals surface area contributed by atoms with E-state index in [1.807, 2.05) is 0 Å². The molecular weight excluding hydrogens is 445 g/mol. The van der Waals surface area contributed by atoms with Gasteiger partial charge in [0.25, 0.3) is 0 Å². The Labute approximate surface area is 197 Å². The lowest BCUT2D eigenvalue weighted by Gasteiger charge is -2.28. The number of para-hydroxylation sites is 1. The van der Waals surface area contributed by atoms with Crippen LogP contribution >= 0.6 is 0 Å². The molecule has 2 atom stereocenters. The van der Waals surface area contributed by atoms with E-state index in [1.54, 1.807) is 24.3 Å². The summed E-state index contributed by atoms with van der Waals surface area (Å²) in [5.41, 5.74) is -0.168. The van der Waals surface area contributed by atoms with Crippen LogP contribution in [0, 0.1) is 17.8 Å². The number of alkyl halides is 3. The molecule has 184 valence electrons. The second-order valence-electron chi connectivity index (χ2n) is 9.80. The Balaban J connectivity index is 1.26. The van der Waals surface area contributed by atoms with E-state index in [2.05, 4.69) is 20.4 Å². The van der Waals surface area contributed by atoms with Crippen molar-refractivity contribution in [2.75, 3.05) is 45.3 Å². The lowest BCUT2D eigenvalue weighted by Crippen LogP contribution is -2.32. The van der Waals surface area contributed by atoms with Gasteiger partial charge in [-0.2, -0.15) is 13.2 Å². The summed E-state index contributed by atoms with van der Waals surface area (Å²) in [6.45, 7) is 4.89. The van der Waals surface area contributed by atoms with Crippen molar-refractivity contribution >= 4 is 5.82 Å². The highest BCUT2D eigenvalue weighted by molar-refractivity contribution is 5.68. The predicted octanol–water partition coefficient (Wildman–Crippen LogP) is 4.72. The summed E-state index contributed by atoms with van der Waals surface area (Å²) in [6, 6.07) is 7.92. The Bertz CT molecular complexity index is 982. The molecule has 1 aromatic carbocycles. The average molecular weight is 477 g/mol. The summed E-state index contributed by atoms with van der Waals surface area (Å²) in [5.74, 6) is 2.02. The summed E-state index contributed by atoms with van der Waals surface area (Å²) < 4.78 is 52.6. The first kappa shape index (κ1) is 23.4. The first-order chi connectivity index (χ1) is 16.4. The topological polar surface area (TPSA) is 59.5 Å². The van der Waals surface area contributed by atoms with E-state index in [-0.39, 0.29) is 17.6 Å². The molecular formula is C25H31F3N4O2. The fourth-order valence-electron chi connectivity index (χ4n) is 5.85. The molecule has 0 bridgehead atoms. The van der Waals surface area contributed by atoms with E-state index < -0.39 is 11.7 Å². The molecule has 6 nitrogen and oxygen atoms in total. The molecule has 1 saturated carbocycles. The SMILES string of the molecule is COc1ccccc1-c1cc(C(F)(F)F)c(NC2C[C@@H]3CN(CC4CCOCC4)C[C@H]3C2)nn1. The van der Waals surface area contributed by atoms with Gasteiger partial charge in [-0.25, -0.2) is 0 Å². The fraction of sp³-hybridized carbons (Fsp3) is 0.600. The zero-order chi connectivity index (χ0) is 23.7. The van der Waals surface area contributed by atoms with Crippen LogP contribution in [0.5, 0.6) is 5.75 Å². The zero-order valence-corrected chi connectivity index (χ0v) is 19.4. The van der Waals surface area contributed by atoms with Crippen LogP contribution in [0.4, 0.5) is 19.0 Å². The number of hydrogen-bond donors (Lipinski definition) is 1. The van der Waals surface area contributed by atoms with E-state index in [1.165, 1.54) is 7.11 Å². The third-order valence-electron chi connectivity index (χ3n) is 7.51. The molecule has 0 radical (unpaired) electrons. The Kier molecular flexibility index (Phi) is 6.66. The van der Waals surface area contributed by atoms with Gasteiger partial charge in [0.1, 0.15) is 11.3 Å². The minimum Gasteiger partial charge on any atom is -0.496 e. The quantitative estimate of drug-likeness (QED) is 0.651. The molecule has 2 saturated heterocycles. The Morgan fingerprint density at radius 2 is 1.79 bits per heavy atom. The third-order valence-corrected chi connectivity index (χ3v) is 7.51. The van der Waals surface area contributed by atoms with Gasteiger partial charge in [0.15, 0.2) is 5.82 Å². The maximum absolute atomic E-state index is 14.0. The molecule has 9 heteroatoms. The number of anilines is 1. The maximum Gasteiger partial charge on any atom is 0.420 e. The summed E-state index contributed by atoms with van der Waals surface area (Å²) in [7, 11) is 1.48. The standard InChI is InChI=1S/C25H31F3N4O2/c1-33-23-5-3-2-4-20(23)22-12-21(25(26,27)28)24(31-30-22)29-19-10-17-14-32(15-18(17)11-19)13-16-6-8-34-9-7-16/h2-5,12,16-19H,6-11,13-15H2,1H3,(H,29,31)/t17-,18-/m1/s1. The van der Waals surface area contributed by atoms with E-state index in [4.69, 9.17) is 9.47 Å². The first-order valence-electron chi connectivity index (χ1n) is 12.1. The Hall–Kier alpha value is -2.39. The molecule has 1 aliphatic carbocycles. The number of nitrogens with one attached hydrogen (secondary N) is 1. The van der Waals surface area contributed by atoms with Crippen molar-refractivity contribution in [1.29, 1.82) is 0 Å². The number of aromatic nitrogens is 2. The number of halogens is 3. The van der Waals surface area contributed by atoms with Crippen molar-refractivity contribution in [3.8, 4) is 17.0 Å². The highest BCUT2D eigenvalue weighted by Crippen LogP contribution is 2.42. The molecule has 34 heavy (non-hydrogen) atoms. The summed E-state index contributed by atoms with van der Waals surface area (Å²) in [4.78, 5) is 2.55. The minimum absolute atomic E-state index is 0.0206. The summed E-state index contributed by atoms with van der Waals surface area (Å²) in [5, 5.41) is 11.2. The van der Waals surface area contributed by atoms with Crippen molar-refractivity contribution in [1.82, 2.24) is 15.1 Å². The molecule has 0 amide bonds. The number of nitrogens with zero attached hydrogens (tertiary/aromatic N) is 3. The van der Waals surface area contributed by atoms with Crippen LogP contribution in [0.3, 0.4) is 0 Å². The molecule has 5 rings (SSSR count). The van der Waals surface area contributed by atoms with Gasteiger partial charge >= 0.3 is 6.18 Å². The van der Waals surface area contributed by atoms with Crippen LogP contribution in [-0.2, 0) is 10.9 Å². The molecule has 0 unspecified atom stereocenters. The lowest BCUT2D eigenvalue weighted by molar-refractivity contribution is -0.137. The monoisotopic (exact) mass is 476 g/mol. The van der Waals surface area contributed by atoms with E-state index in [0.29, 0.717) is 29.1 Å². The molecule has 1 aromatic heterocycles. The van der Waals surface area contributed by atoms with Crippen LogP contribution in [0.15, 0.2) is 30.3 Å². The van der Waals surface area contributed by atoms with Crippen LogP contribution in [-0.4, -0.2) is 61.1 Å². The van der Waals surface area contributed by atoms with E-state index in [9.17, 15) is 13.2 Å². The highest BCUT2D eigenvalue weighted by Gasteiger charge is 2.43.